The first-order valence-corrected chi connectivity index (χ1v) is 9.17. The standard InChI is InChI=1S/C22H29NO2/c1-4-18-7-9-20(10-8-18)16-22(24)23-15-5-6-19-11-13-21(14-12-19)25-17(2)3/h7-14,17H,4-6,15-16H2,1-3H3,(H,23,24). The first kappa shape index (κ1) is 19.0. The highest BCUT2D eigenvalue weighted by atomic mass is 16.5. The number of carbonyl (C=O) groups excluding carboxylic acids is 1. The Morgan fingerprint density at radius 3 is 2.16 bits per heavy atom. The summed E-state index contributed by atoms with van der Waals surface area (Å²) < 4.78 is 5.64. The van der Waals surface area contributed by atoms with Gasteiger partial charge in [-0.1, -0.05) is 43.3 Å². The molecule has 25 heavy (non-hydrogen) atoms. The second-order valence-electron chi connectivity index (χ2n) is 6.61. The van der Waals surface area contributed by atoms with Crippen molar-refractivity contribution >= 4 is 5.91 Å². The molecule has 0 atom stereocenters. The van der Waals surface area contributed by atoms with Crippen LogP contribution in [0.15, 0.2) is 48.5 Å². The number of hydrogen-bond acceptors (Lipinski definition) is 2. The van der Waals surface area contributed by atoms with E-state index in [9.17, 15) is 4.79 Å². The topological polar surface area (TPSA) is 38.3 Å². The third-order valence-electron chi connectivity index (χ3n) is 4.06. The minimum Gasteiger partial charge on any atom is -0.491 e. The predicted molar refractivity (Wildman–Crippen MR) is 103 cm³/mol. The summed E-state index contributed by atoms with van der Waals surface area (Å²) in [6, 6.07) is 16.5. The van der Waals surface area contributed by atoms with Crippen LogP contribution in [0, 0.1) is 0 Å². The van der Waals surface area contributed by atoms with Crippen molar-refractivity contribution in [2.24, 2.45) is 0 Å². The van der Waals surface area contributed by atoms with Gasteiger partial charge in [-0.25, -0.2) is 0 Å². The first-order chi connectivity index (χ1) is 12.1. The van der Waals surface area contributed by atoms with Gasteiger partial charge in [-0.15, -0.1) is 0 Å². The molecule has 0 bridgehead atoms. The Morgan fingerprint density at radius 1 is 0.960 bits per heavy atom. The van der Waals surface area contributed by atoms with Crippen molar-refractivity contribution in [1.82, 2.24) is 5.32 Å². The predicted octanol–water partition coefficient (Wildman–Crippen LogP) is 4.33. The highest BCUT2D eigenvalue weighted by Crippen LogP contribution is 2.14. The van der Waals surface area contributed by atoms with E-state index < -0.39 is 0 Å². The first-order valence-electron chi connectivity index (χ1n) is 9.17. The SMILES string of the molecule is CCc1ccc(CC(=O)NCCCc2ccc(OC(C)C)cc2)cc1. The van der Waals surface area contributed by atoms with Crippen LogP contribution in [0.3, 0.4) is 0 Å². The van der Waals surface area contributed by atoms with Gasteiger partial charge in [0.25, 0.3) is 0 Å². The number of nitrogens with one attached hydrogen (secondary N) is 1. The molecule has 0 aromatic heterocycles. The van der Waals surface area contributed by atoms with Crippen LogP contribution in [0.25, 0.3) is 0 Å². The molecule has 3 nitrogen and oxygen atoms in total. The van der Waals surface area contributed by atoms with E-state index in [1.807, 2.05) is 38.1 Å². The smallest absolute Gasteiger partial charge is 0.224 e. The van der Waals surface area contributed by atoms with Crippen LogP contribution in [-0.4, -0.2) is 18.6 Å². The third-order valence-corrected chi connectivity index (χ3v) is 4.06. The average molecular weight is 339 g/mol. The zero-order chi connectivity index (χ0) is 18.1. The highest BCUT2D eigenvalue weighted by molar-refractivity contribution is 5.78. The van der Waals surface area contributed by atoms with Gasteiger partial charge in [0, 0.05) is 6.54 Å². The van der Waals surface area contributed by atoms with Gasteiger partial charge >= 0.3 is 0 Å². The lowest BCUT2D eigenvalue weighted by Crippen LogP contribution is -2.26. The normalized spacial score (nSPS) is 10.7. The van der Waals surface area contributed by atoms with Crippen LogP contribution in [0.4, 0.5) is 0 Å². The summed E-state index contributed by atoms with van der Waals surface area (Å²) in [4.78, 5) is 12.0. The Kier molecular flexibility index (Phi) is 7.52. The van der Waals surface area contributed by atoms with E-state index in [1.54, 1.807) is 0 Å². The van der Waals surface area contributed by atoms with Crippen molar-refractivity contribution in [2.45, 2.75) is 52.6 Å². The largest absolute Gasteiger partial charge is 0.491 e. The van der Waals surface area contributed by atoms with Crippen LogP contribution in [0.5, 0.6) is 5.75 Å². The van der Waals surface area contributed by atoms with E-state index in [2.05, 4.69) is 36.5 Å². The summed E-state index contributed by atoms with van der Waals surface area (Å²) in [5, 5.41) is 3.00. The molecule has 0 aliphatic rings. The summed E-state index contributed by atoms with van der Waals surface area (Å²) in [6.07, 6.45) is 3.56. The number of ether oxygens (including phenoxy) is 1. The summed E-state index contributed by atoms with van der Waals surface area (Å²) >= 11 is 0. The third kappa shape index (κ3) is 7.00. The Hall–Kier alpha value is -2.29. The highest BCUT2D eigenvalue weighted by Gasteiger charge is 2.03. The van der Waals surface area contributed by atoms with Crippen molar-refractivity contribution in [3.05, 3.63) is 65.2 Å². The number of amides is 1. The molecule has 3 heteroatoms. The van der Waals surface area contributed by atoms with Gasteiger partial charge in [0.05, 0.1) is 12.5 Å². The summed E-state index contributed by atoms with van der Waals surface area (Å²) in [5.74, 6) is 0.992. The van der Waals surface area contributed by atoms with Gasteiger partial charge in [-0.2, -0.15) is 0 Å². The molecule has 0 fully saturated rings. The molecule has 0 unspecified atom stereocenters. The van der Waals surface area contributed by atoms with Gasteiger partial charge in [-0.3, -0.25) is 4.79 Å². The maximum atomic E-state index is 12.0. The quantitative estimate of drug-likeness (QED) is 0.691. The van der Waals surface area contributed by atoms with Gasteiger partial charge in [0.1, 0.15) is 5.75 Å². The van der Waals surface area contributed by atoms with Gasteiger partial charge in [0.15, 0.2) is 0 Å². The molecular formula is C22H29NO2. The van der Waals surface area contributed by atoms with Crippen LogP contribution in [-0.2, 0) is 24.1 Å². The zero-order valence-electron chi connectivity index (χ0n) is 15.5. The molecule has 0 spiro atoms. The summed E-state index contributed by atoms with van der Waals surface area (Å²) in [5.41, 5.74) is 3.63. The molecule has 2 aromatic carbocycles. The summed E-state index contributed by atoms with van der Waals surface area (Å²) in [7, 11) is 0. The van der Waals surface area contributed by atoms with E-state index >= 15 is 0 Å². The van der Waals surface area contributed by atoms with Crippen LogP contribution < -0.4 is 10.1 Å². The number of rotatable bonds is 9. The average Bonchev–Trinajstić information content (AvgIpc) is 2.60. The Labute approximate surface area is 151 Å². The lowest BCUT2D eigenvalue weighted by molar-refractivity contribution is -0.120. The Bertz CT molecular complexity index is 645. The lowest BCUT2D eigenvalue weighted by atomic mass is 10.1. The molecule has 1 amide bonds. The molecule has 0 saturated heterocycles. The number of hydrogen-bond donors (Lipinski definition) is 1. The molecule has 134 valence electrons. The van der Waals surface area contributed by atoms with E-state index in [1.165, 1.54) is 11.1 Å². The molecule has 0 aliphatic heterocycles. The molecule has 0 saturated carbocycles. The van der Waals surface area contributed by atoms with Crippen molar-refractivity contribution in [1.29, 1.82) is 0 Å². The Balaban J connectivity index is 1.67. The van der Waals surface area contributed by atoms with Crippen molar-refractivity contribution in [2.75, 3.05) is 6.54 Å². The van der Waals surface area contributed by atoms with Crippen molar-refractivity contribution in [3.8, 4) is 5.75 Å². The van der Waals surface area contributed by atoms with E-state index in [4.69, 9.17) is 4.74 Å². The molecule has 0 radical (unpaired) electrons. The number of aryl methyl sites for hydroxylation is 2. The monoisotopic (exact) mass is 339 g/mol. The molecule has 0 aliphatic carbocycles. The van der Waals surface area contributed by atoms with Gasteiger partial charge in [-0.05, 0) is 61.9 Å². The van der Waals surface area contributed by atoms with Crippen molar-refractivity contribution in [3.63, 3.8) is 0 Å². The molecular weight excluding hydrogens is 310 g/mol. The number of benzene rings is 2. The fourth-order valence-corrected chi connectivity index (χ4v) is 2.67. The molecule has 0 heterocycles. The van der Waals surface area contributed by atoms with E-state index in [-0.39, 0.29) is 12.0 Å². The maximum absolute atomic E-state index is 12.0. The van der Waals surface area contributed by atoms with Gasteiger partial charge < -0.3 is 10.1 Å². The molecule has 1 N–H and O–H groups in total. The van der Waals surface area contributed by atoms with Crippen LogP contribution >= 0.6 is 0 Å². The fourth-order valence-electron chi connectivity index (χ4n) is 2.67. The second-order valence-corrected chi connectivity index (χ2v) is 6.61. The minimum atomic E-state index is 0.0879. The molecule has 2 rings (SSSR count). The lowest BCUT2D eigenvalue weighted by Gasteiger charge is -2.10. The van der Waals surface area contributed by atoms with Crippen molar-refractivity contribution < 1.29 is 9.53 Å². The zero-order valence-corrected chi connectivity index (χ0v) is 15.5. The Morgan fingerprint density at radius 2 is 1.56 bits per heavy atom. The van der Waals surface area contributed by atoms with E-state index in [0.717, 1.165) is 30.6 Å². The fraction of sp³-hybridized carbons (Fsp3) is 0.409. The van der Waals surface area contributed by atoms with E-state index in [0.29, 0.717) is 13.0 Å². The minimum absolute atomic E-state index is 0.0879. The van der Waals surface area contributed by atoms with Crippen LogP contribution in [0.1, 0.15) is 43.9 Å². The molecule has 2 aromatic rings. The maximum Gasteiger partial charge on any atom is 0.224 e. The van der Waals surface area contributed by atoms with Crippen LogP contribution in [0.2, 0.25) is 0 Å². The van der Waals surface area contributed by atoms with Gasteiger partial charge in [0.2, 0.25) is 5.91 Å². The summed E-state index contributed by atoms with van der Waals surface area (Å²) in [6.45, 7) is 6.88. The number of carbonyl (C=O) groups is 1. The second kappa shape index (κ2) is 9.87.